The summed E-state index contributed by atoms with van der Waals surface area (Å²) in [7, 11) is -1.76. The molecule has 0 radical (unpaired) electrons. The fraction of sp³-hybridized carbons (Fsp3) is 0.125. The maximum absolute atomic E-state index is 13.7. The molecule has 0 saturated heterocycles. The normalized spacial score (nSPS) is 12.2. The molecular formula is C24H21N2O2S+. The Balaban J connectivity index is 1.99. The molecule has 2 heterocycles. The summed E-state index contributed by atoms with van der Waals surface area (Å²) in [6.07, 6.45) is 0. The summed E-state index contributed by atoms with van der Waals surface area (Å²) in [6.45, 7) is 3.99. The lowest BCUT2D eigenvalue weighted by Crippen LogP contribution is -2.30. The number of fused-ring (bicyclic) bond motifs is 4. The molecule has 3 aromatic carbocycles. The van der Waals surface area contributed by atoms with E-state index in [4.69, 9.17) is 0 Å². The molecule has 0 N–H and O–H groups in total. The van der Waals surface area contributed by atoms with Crippen molar-refractivity contribution < 1.29 is 13.0 Å². The Morgan fingerprint density at radius 1 is 0.793 bits per heavy atom. The first-order valence-corrected chi connectivity index (χ1v) is 11.0. The monoisotopic (exact) mass is 401 g/mol. The van der Waals surface area contributed by atoms with Gasteiger partial charge in [0.2, 0.25) is 11.0 Å². The van der Waals surface area contributed by atoms with Crippen molar-refractivity contribution in [1.82, 2.24) is 3.97 Å². The molecule has 5 heteroatoms. The first-order valence-electron chi connectivity index (χ1n) is 9.53. The van der Waals surface area contributed by atoms with Gasteiger partial charge in [-0.3, -0.25) is 0 Å². The molecule has 2 aromatic heterocycles. The molecule has 144 valence electrons. The first-order chi connectivity index (χ1) is 13.9. The standard InChI is InChI=1S/C24H21N2O2S/c1-16-8-11-19(12-9-16)29(27,28)26-22-7-5-4-6-20(22)24-23(26)15-18-14-17(2)10-13-21(18)25(24)3/h4-15H,1-3H3/q+1. The van der Waals surface area contributed by atoms with Crippen LogP contribution < -0.4 is 4.57 Å². The fourth-order valence-electron chi connectivity index (χ4n) is 4.13. The molecule has 29 heavy (non-hydrogen) atoms. The van der Waals surface area contributed by atoms with Crippen molar-refractivity contribution in [2.24, 2.45) is 7.05 Å². The van der Waals surface area contributed by atoms with Crippen LogP contribution in [-0.4, -0.2) is 12.4 Å². The number of benzene rings is 3. The molecule has 5 rings (SSSR count). The Morgan fingerprint density at radius 3 is 2.24 bits per heavy atom. The highest BCUT2D eigenvalue weighted by Crippen LogP contribution is 2.32. The third-order valence-electron chi connectivity index (χ3n) is 5.57. The van der Waals surface area contributed by atoms with Crippen LogP contribution in [0.3, 0.4) is 0 Å². The van der Waals surface area contributed by atoms with Gasteiger partial charge in [0.05, 0.1) is 15.8 Å². The molecule has 0 unspecified atom stereocenters. The number of nitrogens with zero attached hydrogens (tertiary/aromatic N) is 2. The Morgan fingerprint density at radius 2 is 1.48 bits per heavy atom. The van der Waals surface area contributed by atoms with Crippen LogP contribution in [0.25, 0.3) is 32.8 Å². The lowest BCUT2D eigenvalue weighted by molar-refractivity contribution is -0.616. The molecule has 5 aromatic rings. The third-order valence-corrected chi connectivity index (χ3v) is 7.31. The van der Waals surface area contributed by atoms with Gasteiger partial charge in [-0.15, -0.1) is 0 Å². The van der Waals surface area contributed by atoms with Gasteiger partial charge in [-0.05, 0) is 50.2 Å². The zero-order valence-corrected chi connectivity index (χ0v) is 17.4. The highest BCUT2D eigenvalue weighted by Gasteiger charge is 2.28. The van der Waals surface area contributed by atoms with Crippen molar-refractivity contribution >= 4 is 42.9 Å². The summed E-state index contributed by atoms with van der Waals surface area (Å²) >= 11 is 0. The van der Waals surface area contributed by atoms with Crippen LogP contribution in [0.4, 0.5) is 0 Å². The zero-order chi connectivity index (χ0) is 20.3. The number of rotatable bonds is 2. The van der Waals surface area contributed by atoms with E-state index >= 15 is 0 Å². The quantitative estimate of drug-likeness (QED) is 0.405. The van der Waals surface area contributed by atoms with E-state index in [1.165, 1.54) is 3.97 Å². The Labute approximate surface area is 169 Å². The predicted molar refractivity (Wildman–Crippen MR) is 117 cm³/mol. The molecule has 0 aliphatic carbocycles. The minimum Gasteiger partial charge on any atom is -0.227 e. The summed E-state index contributed by atoms with van der Waals surface area (Å²) in [6, 6.07) is 23.0. The van der Waals surface area contributed by atoms with E-state index in [1.54, 1.807) is 12.1 Å². The van der Waals surface area contributed by atoms with Gasteiger partial charge in [-0.25, -0.2) is 12.4 Å². The molecular weight excluding hydrogens is 380 g/mol. The summed E-state index contributed by atoms with van der Waals surface area (Å²) in [5, 5.41) is 1.94. The number of aromatic nitrogens is 2. The van der Waals surface area contributed by atoms with E-state index in [-0.39, 0.29) is 4.90 Å². The van der Waals surface area contributed by atoms with Gasteiger partial charge in [0.1, 0.15) is 12.6 Å². The van der Waals surface area contributed by atoms with Crippen LogP contribution in [0, 0.1) is 13.8 Å². The minimum atomic E-state index is -3.76. The zero-order valence-electron chi connectivity index (χ0n) is 16.5. The number of hydrogen-bond donors (Lipinski definition) is 0. The lowest BCUT2D eigenvalue weighted by atomic mass is 10.1. The Bertz CT molecular complexity index is 1530. The maximum Gasteiger partial charge on any atom is 0.268 e. The molecule has 0 spiro atoms. The SMILES string of the molecule is Cc1ccc(S(=O)(=O)n2c3ccccc3c3c2cc2cc(C)ccc2[n+]3C)cc1. The molecule has 0 saturated carbocycles. The molecule has 0 bridgehead atoms. The number of pyridine rings is 1. The minimum absolute atomic E-state index is 0.290. The summed E-state index contributed by atoms with van der Waals surface area (Å²) in [5.41, 5.74) is 5.52. The van der Waals surface area contributed by atoms with E-state index < -0.39 is 10.0 Å². The second kappa shape index (κ2) is 6.16. The van der Waals surface area contributed by atoms with Crippen molar-refractivity contribution in [3.63, 3.8) is 0 Å². The van der Waals surface area contributed by atoms with Crippen molar-refractivity contribution in [3.8, 4) is 0 Å². The van der Waals surface area contributed by atoms with Crippen molar-refractivity contribution in [2.45, 2.75) is 18.7 Å². The van der Waals surface area contributed by atoms with Crippen molar-refractivity contribution in [3.05, 3.63) is 83.9 Å². The van der Waals surface area contributed by atoms with Gasteiger partial charge in [0.15, 0.2) is 0 Å². The third kappa shape index (κ3) is 2.58. The van der Waals surface area contributed by atoms with Crippen LogP contribution in [0.5, 0.6) is 0 Å². The van der Waals surface area contributed by atoms with E-state index in [0.717, 1.165) is 32.9 Å². The van der Waals surface area contributed by atoms with Crippen LogP contribution >= 0.6 is 0 Å². The smallest absolute Gasteiger partial charge is 0.227 e. The summed E-state index contributed by atoms with van der Waals surface area (Å²) < 4.78 is 31.0. The number of hydrogen-bond acceptors (Lipinski definition) is 2. The van der Waals surface area contributed by atoms with Crippen LogP contribution in [0.2, 0.25) is 0 Å². The first kappa shape index (κ1) is 17.9. The molecule has 0 fully saturated rings. The highest BCUT2D eigenvalue weighted by molar-refractivity contribution is 7.90. The molecule has 0 aliphatic heterocycles. The van der Waals surface area contributed by atoms with Crippen LogP contribution in [-0.2, 0) is 17.1 Å². The summed E-state index contributed by atoms with van der Waals surface area (Å²) in [4.78, 5) is 0.290. The van der Waals surface area contributed by atoms with E-state index in [1.807, 2.05) is 63.4 Å². The van der Waals surface area contributed by atoms with Gasteiger partial charge in [0.25, 0.3) is 10.0 Å². The van der Waals surface area contributed by atoms with Gasteiger partial charge >= 0.3 is 0 Å². The topological polar surface area (TPSA) is 43.0 Å². The number of para-hydroxylation sites is 1. The van der Waals surface area contributed by atoms with Crippen molar-refractivity contribution in [2.75, 3.05) is 0 Å². The molecule has 0 aliphatic rings. The van der Waals surface area contributed by atoms with Gasteiger partial charge < -0.3 is 0 Å². The van der Waals surface area contributed by atoms with Crippen LogP contribution in [0.15, 0.2) is 77.7 Å². The second-order valence-electron chi connectivity index (χ2n) is 7.60. The van der Waals surface area contributed by atoms with Gasteiger partial charge in [-0.1, -0.05) is 41.5 Å². The fourth-order valence-corrected chi connectivity index (χ4v) is 5.64. The average Bonchev–Trinajstić information content (AvgIpc) is 3.03. The molecule has 0 atom stereocenters. The Kier molecular flexibility index (Phi) is 3.80. The maximum atomic E-state index is 13.7. The van der Waals surface area contributed by atoms with E-state index in [2.05, 4.69) is 22.8 Å². The van der Waals surface area contributed by atoms with Gasteiger partial charge in [0, 0.05) is 11.5 Å². The average molecular weight is 402 g/mol. The lowest BCUT2D eigenvalue weighted by Gasteiger charge is -2.09. The van der Waals surface area contributed by atoms with Crippen LogP contribution in [0.1, 0.15) is 11.1 Å². The van der Waals surface area contributed by atoms with E-state index in [0.29, 0.717) is 11.0 Å². The number of aryl methyl sites for hydroxylation is 3. The molecule has 4 nitrogen and oxygen atoms in total. The van der Waals surface area contributed by atoms with Crippen molar-refractivity contribution in [1.29, 1.82) is 0 Å². The molecule has 0 amide bonds. The largest absolute Gasteiger partial charge is 0.268 e. The Hall–Kier alpha value is -3.18. The van der Waals surface area contributed by atoms with Gasteiger partial charge in [-0.2, -0.15) is 4.57 Å². The summed E-state index contributed by atoms with van der Waals surface area (Å²) in [5.74, 6) is 0. The highest BCUT2D eigenvalue weighted by atomic mass is 32.2. The second-order valence-corrected chi connectivity index (χ2v) is 9.39. The van der Waals surface area contributed by atoms with E-state index in [9.17, 15) is 8.42 Å². The predicted octanol–water partition coefficient (Wildman–Crippen LogP) is 4.63.